The van der Waals surface area contributed by atoms with E-state index in [1.54, 1.807) is 6.08 Å². The molecule has 3 rings (SSSR count). The minimum Gasteiger partial charge on any atom is -0.354 e. The molecule has 6 heteroatoms. The van der Waals surface area contributed by atoms with E-state index < -0.39 is 0 Å². The Labute approximate surface area is 161 Å². The molecule has 2 amide bonds. The normalized spacial score (nSPS) is 22.8. The van der Waals surface area contributed by atoms with Gasteiger partial charge >= 0.3 is 0 Å². The summed E-state index contributed by atoms with van der Waals surface area (Å²) >= 11 is 0. The van der Waals surface area contributed by atoms with E-state index in [4.69, 9.17) is 0 Å². The van der Waals surface area contributed by atoms with Crippen LogP contribution in [0.1, 0.15) is 31.2 Å². The van der Waals surface area contributed by atoms with Gasteiger partial charge < -0.3 is 15.5 Å². The molecule has 2 aliphatic heterocycles. The number of likely N-dealkylation sites (tertiary alicyclic amines) is 1. The standard InChI is InChI=1S/C20H27N3O2.ClH/c24-19(11-10-16-6-2-1-3-7-16)23-13-5-8-17(15-23)14-22-20(25)18-9-4-12-21-18;/h1-3,6-7,10-11,17-18,21H,4-5,8-9,12-15H2,(H,22,25);1H. The highest BCUT2D eigenvalue weighted by atomic mass is 35.5. The van der Waals surface area contributed by atoms with Crippen molar-refractivity contribution < 1.29 is 9.59 Å². The quantitative estimate of drug-likeness (QED) is 0.773. The van der Waals surface area contributed by atoms with Crippen molar-refractivity contribution >= 4 is 30.3 Å². The van der Waals surface area contributed by atoms with Gasteiger partial charge in [0.05, 0.1) is 6.04 Å². The van der Waals surface area contributed by atoms with Gasteiger partial charge in [-0.25, -0.2) is 0 Å². The fourth-order valence-corrected chi connectivity index (χ4v) is 3.55. The number of carbonyl (C=O) groups excluding carboxylic acids is 2. The molecule has 2 atom stereocenters. The summed E-state index contributed by atoms with van der Waals surface area (Å²) in [6.07, 6.45) is 7.55. The predicted molar refractivity (Wildman–Crippen MR) is 106 cm³/mol. The fourth-order valence-electron chi connectivity index (χ4n) is 3.55. The van der Waals surface area contributed by atoms with Crippen LogP contribution in [0, 0.1) is 5.92 Å². The maximum atomic E-state index is 12.4. The molecule has 0 aromatic heterocycles. The molecular formula is C20H28ClN3O2. The summed E-state index contributed by atoms with van der Waals surface area (Å²) < 4.78 is 0. The van der Waals surface area contributed by atoms with E-state index in [0.29, 0.717) is 12.5 Å². The summed E-state index contributed by atoms with van der Waals surface area (Å²) in [5.74, 6) is 0.496. The average Bonchev–Trinajstić information content (AvgIpc) is 3.20. The van der Waals surface area contributed by atoms with Crippen LogP contribution >= 0.6 is 12.4 Å². The molecule has 1 aromatic rings. The summed E-state index contributed by atoms with van der Waals surface area (Å²) in [6.45, 7) is 3.10. The highest BCUT2D eigenvalue weighted by molar-refractivity contribution is 5.91. The van der Waals surface area contributed by atoms with Crippen molar-refractivity contribution in [3.05, 3.63) is 42.0 Å². The first-order chi connectivity index (χ1) is 12.2. The number of hydrogen-bond acceptors (Lipinski definition) is 3. The summed E-state index contributed by atoms with van der Waals surface area (Å²) in [6, 6.07) is 9.82. The first-order valence-electron chi connectivity index (χ1n) is 9.25. The smallest absolute Gasteiger partial charge is 0.246 e. The van der Waals surface area contributed by atoms with E-state index in [1.807, 2.05) is 41.3 Å². The molecule has 2 fully saturated rings. The van der Waals surface area contributed by atoms with Gasteiger partial charge in [-0.2, -0.15) is 0 Å². The molecule has 1 aromatic carbocycles. The molecule has 0 bridgehead atoms. The Balaban J connectivity index is 0.00000243. The van der Waals surface area contributed by atoms with Gasteiger partial charge in [0.1, 0.15) is 0 Å². The van der Waals surface area contributed by atoms with Gasteiger partial charge in [0, 0.05) is 25.7 Å². The number of carbonyl (C=O) groups is 2. The van der Waals surface area contributed by atoms with Crippen LogP contribution in [-0.4, -0.2) is 48.9 Å². The van der Waals surface area contributed by atoms with Gasteiger partial charge in [0.15, 0.2) is 0 Å². The van der Waals surface area contributed by atoms with Crippen molar-refractivity contribution in [2.75, 3.05) is 26.2 Å². The molecule has 26 heavy (non-hydrogen) atoms. The molecular weight excluding hydrogens is 350 g/mol. The van der Waals surface area contributed by atoms with E-state index in [0.717, 1.165) is 50.9 Å². The predicted octanol–water partition coefficient (Wildman–Crippen LogP) is 2.23. The maximum absolute atomic E-state index is 12.4. The Morgan fingerprint density at radius 3 is 2.73 bits per heavy atom. The number of amides is 2. The largest absolute Gasteiger partial charge is 0.354 e. The van der Waals surface area contributed by atoms with Crippen molar-refractivity contribution in [1.29, 1.82) is 0 Å². The zero-order valence-electron chi connectivity index (χ0n) is 15.0. The third kappa shape index (κ3) is 5.85. The zero-order valence-corrected chi connectivity index (χ0v) is 15.8. The van der Waals surface area contributed by atoms with Gasteiger partial charge in [-0.05, 0) is 49.8 Å². The first-order valence-corrected chi connectivity index (χ1v) is 9.25. The van der Waals surface area contributed by atoms with E-state index in [-0.39, 0.29) is 30.3 Å². The Morgan fingerprint density at radius 2 is 2.00 bits per heavy atom. The van der Waals surface area contributed by atoms with E-state index in [2.05, 4.69) is 10.6 Å². The van der Waals surface area contributed by atoms with Crippen LogP contribution in [0.15, 0.2) is 36.4 Å². The monoisotopic (exact) mass is 377 g/mol. The summed E-state index contributed by atoms with van der Waals surface area (Å²) in [7, 11) is 0. The molecule has 0 spiro atoms. The third-order valence-corrected chi connectivity index (χ3v) is 4.99. The number of benzene rings is 1. The molecule has 0 radical (unpaired) electrons. The Morgan fingerprint density at radius 1 is 1.19 bits per heavy atom. The summed E-state index contributed by atoms with van der Waals surface area (Å²) in [5.41, 5.74) is 1.03. The molecule has 2 aliphatic rings. The number of nitrogens with zero attached hydrogens (tertiary/aromatic N) is 1. The molecule has 0 aliphatic carbocycles. The second-order valence-corrected chi connectivity index (χ2v) is 6.93. The van der Waals surface area contributed by atoms with Crippen LogP contribution in [0.5, 0.6) is 0 Å². The molecule has 0 saturated carbocycles. The van der Waals surface area contributed by atoms with Crippen molar-refractivity contribution in [3.8, 4) is 0 Å². The topological polar surface area (TPSA) is 61.4 Å². The Hall–Kier alpha value is -1.85. The summed E-state index contributed by atoms with van der Waals surface area (Å²) in [5, 5.41) is 6.27. The first kappa shape index (κ1) is 20.5. The SMILES string of the molecule is Cl.O=C(NCC1CCCN(C(=O)C=Cc2ccccc2)C1)C1CCCN1. The van der Waals surface area contributed by atoms with Crippen molar-refractivity contribution in [2.45, 2.75) is 31.7 Å². The molecule has 5 nitrogen and oxygen atoms in total. The number of nitrogens with one attached hydrogen (secondary N) is 2. The van der Waals surface area contributed by atoms with Crippen LogP contribution in [0.3, 0.4) is 0 Å². The molecule has 142 valence electrons. The van der Waals surface area contributed by atoms with Crippen molar-refractivity contribution in [2.24, 2.45) is 5.92 Å². The minimum atomic E-state index is -0.0323. The van der Waals surface area contributed by atoms with E-state index >= 15 is 0 Å². The lowest BCUT2D eigenvalue weighted by Gasteiger charge is -2.32. The van der Waals surface area contributed by atoms with E-state index in [9.17, 15) is 9.59 Å². The number of hydrogen-bond donors (Lipinski definition) is 2. The Bertz CT molecular complexity index is 615. The van der Waals surface area contributed by atoms with Gasteiger partial charge in [-0.3, -0.25) is 9.59 Å². The third-order valence-electron chi connectivity index (χ3n) is 4.99. The highest BCUT2D eigenvalue weighted by Gasteiger charge is 2.25. The maximum Gasteiger partial charge on any atom is 0.246 e. The lowest BCUT2D eigenvalue weighted by Crippen LogP contribution is -2.46. The highest BCUT2D eigenvalue weighted by Crippen LogP contribution is 2.17. The second kappa shape index (κ2) is 10.3. The second-order valence-electron chi connectivity index (χ2n) is 6.93. The fraction of sp³-hybridized carbons (Fsp3) is 0.500. The van der Waals surface area contributed by atoms with Crippen LogP contribution in [0.25, 0.3) is 6.08 Å². The molecule has 2 saturated heterocycles. The van der Waals surface area contributed by atoms with Gasteiger partial charge in [0.25, 0.3) is 0 Å². The van der Waals surface area contributed by atoms with Gasteiger partial charge in [0.2, 0.25) is 11.8 Å². The van der Waals surface area contributed by atoms with Crippen LogP contribution in [-0.2, 0) is 9.59 Å². The minimum absolute atomic E-state index is 0. The Kier molecular flexibility index (Phi) is 8.13. The van der Waals surface area contributed by atoms with Crippen LogP contribution in [0.2, 0.25) is 0 Å². The lowest BCUT2D eigenvalue weighted by atomic mass is 9.97. The van der Waals surface area contributed by atoms with Crippen LogP contribution < -0.4 is 10.6 Å². The molecule has 2 N–H and O–H groups in total. The van der Waals surface area contributed by atoms with Crippen molar-refractivity contribution in [1.82, 2.24) is 15.5 Å². The lowest BCUT2D eigenvalue weighted by molar-refractivity contribution is -0.127. The van der Waals surface area contributed by atoms with Crippen LogP contribution in [0.4, 0.5) is 0 Å². The number of halogens is 1. The van der Waals surface area contributed by atoms with Gasteiger partial charge in [-0.15, -0.1) is 12.4 Å². The van der Waals surface area contributed by atoms with Gasteiger partial charge in [-0.1, -0.05) is 30.3 Å². The average molecular weight is 378 g/mol. The molecule has 2 heterocycles. The van der Waals surface area contributed by atoms with Crippen molar-refractivity contribution in [3.63, 3.8) is 0 Å². The zero-order chi connectivity index (χ0) is 17.5. The summed E-state index contributed by atoms with van der Waals surface area (Å²) in [4.78, 5) is 26.4. The number of piperidine rings is 1. The molecule has 2 unspecified atom stereocenters. The number of rotatable bonds is 5. The van der Waals surface area contributed by atoms with E-state index in [1.165, 1.54) is 0 Å².